The van der Waals surface area contributed by atoms with Crippen molar-refractivity contribution in [3.63, 3.8) is 0 Å². The van der Waals surface area contributed by atoms with Crippen LogP contribution in [0.5, 0.6) is 0 Å². The van der Waals surface area contributed by atoms with Gasteiger partial charge in [-0.3, -0.25) is 0 Å². The van der Waals surface area contributed by atoms with Crippen LogP contribution in [0.15, 0.2) is 30.6 Å². The Hall–Kier alpha value is -2.84. The number of fused-ring (bicyclic) bond motifs is 1. The summed E-state index contributed by atoms with van der Waals surface area (Å²) in [5.41, 5.74) is 2.37. The maximum atomic E-state index is 12.4. The molecule has 0 atom stereocenters. The van der Waals surface area contributed by atoms with Crippen molar-refractivity contribution < 1.29 is 13.2 Å². The van der Waals surface area contributed by atoms with E-state index in [0.29, 0.717) is 5.52 Å². The summed E-state index contributed by atoms with van der Waals surface area (Å²) < 4.78 is 37.2. The van der Waals surface area contributed by atoms with Crippen LogP contribution in [-0.4, -0.2) is 32.7 Å². The van der Waals surface area contributed by atoms with Gasteiger partial charge in [0.25, 0.3) is 0 Å². The number of hydrogen-bond acceptors (Lipinski definition) is 5. The number of hydrogen-bond donors (Lipinski definition) is 3. The van der Waals surface area contributed by atoms with Gasteiger partial charge in [0.15, 0.2) is 11.5 Å². The largest absolute Gasteiger partial charge is 0.405 e. The minimum absolute atomic E-state index is 0.0416. The monoisotopic (exact) mass is 322 g/mol. The third-order valence-corrected chi connectivity index (χ3v) is 3.02. The molecule has 23 heavy (non-hydrogen) atoms. The predicted molar refractivity (Wildman–Crippen MR) is 80.7 cm³/mol. The average Bonchev–Trinajstić information content (AvgIpc) is 2.92. The molecule has 0 unspecified atom stereocenters. The molecule has 2 heterocycles. The molecule has 0 fully saturated rings. The van der Waals surface area contributed by atoms with Crippen molar-refractivity contribution in [3.8, 4) is 0 Å². The minimum atomic E-state index is -4.35. The van der Waals surface area contributed by atoms with Crippen molar-refractivity contribution >= 4 is 28.6 Å². The third kappa shape index (κ3) is 3.68. The SMILES string of the molecule is Cc1cccc(Nc2nc(NCC(F)(F)F)c3[nH]cnc3n2)c1. The normalized spacial score (nSPS) is 11.7. The first-order valence-electron chi connectivity index (χ1n) is 6.76. The average molecular weight is 322 g/mol. The summed E-state index contributed by atoms with van der Waals surface area (Å²) in [6.45, 7) is 0.737. The van der Waals surface area contributed by atoms with Gasteiger partial charge in [0.1, 0.15) is 12.1 Å². The van der Waals surface area contributed by atoms with Crippen molar-refractivity contribution in [1.82, 2.24) is 19.9 Å². The zero-order valence-corrected chi connectivity index (χ0v) is 12.1. The van der Waals surface area contributed by atoms with Gasteiger partial charge in [0.2, 0.25) is 5.95 Å². The molecule has 2 aromatic heterocycles. The predicted octanol–water partition coefficient (Wildman–Crippen LogP) is 3.38. The number of aromatic amines is 1. The number of alkyl halides is 3. The van der Waals surface area contributed by atoms with Crippen LogP contribution in [0.2, 0.25) is 0 Å². The number of H-pyrrole nitrogens is 1. The third-order valence-electron chi connectivity index (χ3n) is 3.02. The summed E-state index contributed by atoms with van der Waals surface area (Å²) in [5.74, 6) is 0.208. The Morgan fingerprint density at radius 2 is 2.04 bits per heavy atom. The number of anilines is 3. The van der Waals surface area contributed by atoms with Crippen molar-refractivity contribution in [1.29, 1.82) is 0 Å². The molecule has 1 aromatic carbocycles. The molecule has 0 radical (unpaired) electrons. The molecule has 120 valence electrons. The summed E-state index contributed by atoms with van der Waals surface area (Å²) in [6, 6.07) is 7.47. The first-order chi connectivity index (χ1) is 10.9. The Labute approximate surface area is 129 Å². The quantitative estimate of drug-likeness (QED) is 0.686. The van der Waals surface area contributed by atoms with Gasteiger partial charge in [0, 0.05) is 5.69 Å². The van der Waals surface area contributed by atoms with Crippen LogP contribution in [-0.2, 0) is 0 Å². The molecule has 3 N–H and O–H groups in total. The number of aryl methyl sites for hydroxylation is 1. The lowest BCUT2D eigenvalue weighted by atomic mass is 10.2. The van der Waals surface area contributed by atoms with Crippen LogP contribution in [0.25, 0.3) is 11.2 Å². The first-order valence-corrected chi connectivity index (χ1v) is 6.76. The number of imidazole rings is 1. The molecular formula is C14H13F3N6. The van der Waals surface area contributed by atoms with Gasteiger partial charge in [-0.1, -0.05) is 12.1 Å². The standard InChI is InChI=1S/C14H13F3N6/c1-8-3-2-4-9(5-8)21-13-22-11(18-6-14(15,16)17)10-12(23-13)20-7-19-10/h2-5,7H,6H2,1H3,(H3,18,19,20,21,22,23). The molecule has 0 saturated heterocycles. The molecule has 3 aromatic rings. The molecule has 3 rings (SSSR count). The summed E-state index contributed by atoms with van der Waals surface area (Å²) in [6.07, 6.45) is -2.99. The zero-order chi connectivity index (χ0) is 16.4. The topological polar surface area (TPSA) is 78.5 Å². The second-order valence-electron chi connectivity index (χ2n) is 4.96. The number of rotatable bonds is 4. The van der Waals surface area contributed by atoms with E-state index in [1.165, 1.54) is 6.33 Å². The molecule has 0 aliphatic heterocycles. The highest BCUT2D eigenvalue weighted by Gasteiger charge is 2.27. The molecule has 0 aliphatic rings. The Balaban J connectivity index is 1.92. The van der Waals surface area contributed by atoms with E-state index in [-0.39, 0.29) is 17.4 Å². The van der Waals surface area contributed by atoms with E-state index in [1.807, 2.05) is 31.2 Å². The van der Waals surface area contributed by atoms with Gasteiger partial charge in [0.05, 0.1) is 6.33 Å². The molecule has 0 amide bonds. The van der Waals surface area contributed by atoms with Crippen LogP contribution in [0.1, 0.15) is 5.56 Å². The fourth-order valence-corrected chi connectivity index (χ4v) is 2.05. The van der Waals surface area contributed by atoms with Crippen molar-refractivity contribution in [3.05, 3.63) is 36.2 Å². The minimum Gasteiger partial charge on any atom is -0.359 e. The summed E-state index contributed by atoms with van der Waals surface area (Å²) in [7, 11) is 0. The fraction of sp³-hybridized carbons (Fsp3) is 0.214. The highest BCUT2D eigenvalue weighted by atomic mass is 19.4. The lowest BCUT2D eigenvalue weighted by molar-refractivity contribution is -0.115. The maximum Gasteiger partial charge on any atom is 0.405 e. The van der Waals surface area contributed by atoms with E-state index < -0.39 is 12.7 Å². The Bertz CT molecular complexity index is 827. The van der Waals surface area contributed by atoms with Gasteiger partial charge in [-0.2, -0.15) is 23.1 Å². The number of nitrogens with zero attached hydrogens (tertiary/aromatic N) is 3. The van der Waals surface area contributed by atoms with Crippen LogP contribution in [0.3, 0.4) is 0 Å². The van der Waals surface area contributed by atoms with Crippen LogP contribution in [0, 0.1) is 6.92 Å². The van der Waals surface area contributed by atoms with Crippen molar-refractivity contribution in [2.75, 3.05) is 17.2 Å². The highest BCUT2D eigenvalue weighted by Crippen LogP contribution is 2.23. The van der Waals surface area contributed by atoms with E-state index in [9.17, 15) is 13.2 Å². The number of nitrogens with one attached hydrogen (secondary N) is 3. The lowest BCUT2D eigenvalue weighted by Crippen LogP contribution is -2.22. The second-order valence-corrected chi connectivity index (χ2v) is 4.96. The summed E-state index contributed by atoms with van der Waals surface area (Å²) >= 11 is 0. The van der Waals surface area contributed by atoms with Crippen molar-refractivity contribution in [2.24, 2.45) is 0 Å². The van der Waals surface area contributed by atoms with Crippen LogP contribution < -0.4 is 10.6 Å². The van der Waals surface area contributed by atoms with Gasteiger partial charge < -0.3 is 15.6 Å². The molecular weight excluding hydrogens is 309 g/mol. The van der Waals surface area contributed by atoms with Gasteiger partial charge in [-0.15, -0.1) is 0 Å². The first kappa shape index (κ1) is 15.1. The molecule has 0 spiro atoms. The second kappa shape index (κ2) is 5.75. The summed E-state index contributed by atoms with van der Waals surface area (Å²) in [5, 5.41) is 5.23. The van der Waals surface area contributed by atoms with Crippen molar-refractivity contribution in [2.45, 2.75) is 13.1 Å². The van der Waals surface area contributed by atoms with E-state index in [4.69, 9.17) is 0 Å². The highest BCUT2D eigenvalue weighted by molar-refractivity contribution is 5.84. The van der Waals surface area contributed by atoms with Crippen LogP contribution >= 0.6 is 0 Å². The molecule has 0 aliphatic carbocycles. The van der Waals surface area contributed by atoms with Crippen LogP contribution in [0.4, 0.5) is 30.6 Å². The van der Waals surface area contributed by atoms with E-state index >= 15 is 0 Å². The number of aromatic nitrogens is 4. The molecule has 0 saturated carbocycles. The van der Waals surface area contributed by atoms with E-state index in [2.05, 4.69) is 30.6 Å². The lowest BCUT2D eigenvalue weighted by Gasteiger charge is -2.11. The molecule has 6 nitrogen and oxygen atoms in total. The van der Waals surface area contributed by atoms with E-state index in [0.717, 1.165) is 11.3 Å². The Kier molecular flexibility index (Phi) is 3.77. The van der Waals surface area contributed by atoms with Gasteiger partial charge in [-0.05, 0) is 24.6 Å². The Morgan fingerprint density at radius 3 is 2.78 bits per heavy atom. The molecule has 0 bridgehead atoms. The van der Waals surface area contributed by atoms with E-state index in [1.54, 1.807) is 0 Å². The number of benzene rings is 1. The maximum absolute atomic E-state index is 12.4. The smallest absolute Gasteiger partial charge is 0.359 e. The zero-order valence-electron chi connectivity index (χ0n) is 12.1. The van der Waals surface area contributed by atoms with Gasteiger partial charge >= 0.3 is 6.18 Å². The number of halogens is 3. The summed E-state index contributed by atoms with van der Waals surface area (Å²) in [4.78, 5) is 15.0. The van der Waals surface area contributed by atoms with Gasteiger partial charge in [-0.25, -0.2) is 4.98 Å². The molecule has 9 heteroatoms. The Morgan fingerprint density at radius 1 is 1.22 bits per heavy atom. The fourth-order valence-electron chi connectivity index (χ4n) is 2.05.